The average Bonchev–Trinajstić information content (AvgIpc) is 2.54. The van der Waals surface area contributed by atoms with E-state index in [2.05, 4.69) is 5.43 Å². The van der Waals surface area contributed by atoms with Crippen molar-refractivity contribution in [3.63, 3.8) is 0 Å². The number of halogens is 6. The van der Waals surface area contributed by atoms with Crippen molar-refractivity contribution >= 4 is 87.5 Å². The Labute approximate surface area is 185 Å². The van der Waals surface area contributed by atoms with Crippen LogP contribution >= 0.6 is 69.6 Å². The highest BCUT2D eigenvalue weighted by Crippen LogP contribution is 2.28. The Bertz CT molecular complexity index is 677. The van der Waals surface area contributed by atoms with Gasteiger partial charge in [0.2, 0.25) is 7.59 Å². The molecule has 13 heteroatoms. The van der Waals surface area contributed by atoms with Crippen LogP contribution < -0.4 is 15.2 Å². The summed E-state index contributed by atoms with van der Waals surface area (Å²) >= 11 is 33.2. The van der Waals surface area contributed by atoms with E-state index in [0.717, 1.165) is 5.01 Å². The van der Waals surface area contributed by atoms with E-state index in [0.29, 0.717) is 11.3 Å². The summed E-state index contributed by atoms with van der Waals surface area (Å²) in [6, 6.07) is 4.69. The number of carbonyl (C=O) groups is 2. The molecule has 0 aliphatic carbocycles. The number of hydrogen-bond donors (Lipinski definition) is 1. The maximum atomic E-state index is 12.4. The first kappa shape index (κ1) is 24.3. The van der Waals surface area contributed by atoms with Crippen LogP contribution in [0.25, 0.3) is 0 Å². The maximum Gasteiger partial charge on any atom is 0.433 e. The fourth-order valence-corrected chi connectivity index (χ4v) is 2.02. The standard InChI is InChI=1S/C14H14Cl6N2O5/c1-8-5-9(25-2)3-4-10(8)22(12(24)27-7-14(18,19)20)21-11(23)26-6-13(15,16)17/h3-5H,6-7H2,1-2H3,(H,21,23). The Morgan fingerprint density at radius 3 is 2.07 bits per heavy atom. The van der Waals surface area contributed by atoms with Gasteiger partial charge >= 0.3 is 12.2 Å². The zero-order valence-electron chi connectivity index (χ0n) is 13.9. The smallest absolute Gasteiger partial charge is 0.433 e. The Hall–Kier alpha value is -0.700. The lowest BCUT2D eigenvalue weighted by Gasteiger charge is -2.25. The third kappa shape index (κ3) is 9.36. The minimum atomic E-state index is -1.84. The van der Waals surface area contributed by atoms with Gasteiger partial charge < -0.3 is 14.2 Å². The lowest BCUT2D eigenvalue weighted by atomic mass is 10.2. The van der Waals surface area contributed by atoms with Gasteiger partial charge in [-0.25, -0.2) is 15.0 Å². The summed E-state index contributed by atoms with van der Waals surface area (Å²) in [6.45, 7) is 0.552. The van der Waals surface area contributed by atoms with Crippen LogP contribution in [0, 0.1) is 6.92 Å². The number of alkyl halides is 6. The Morgan fingerprint density at radius 1 is 1.04 bits per heavy atom. The number of carbonyl (C=O) groups excluding carboxylic acids is 2. The van der Waals surface area contributed by atoms with Gasteiger partial charge in [-0.2, -0.15) is 5.01 Å². The number of rotatable bonds is 4. The average molecular weight is 503 g/mol. The molecule has 1 N–H and O–H groups in total. The molecule has 0 radical (unpaired) electrons. The van der Waals surface area contributed by atoms with Crippen LogP contribution in [-0.4, -0.2) is 40.1 Å². The molecule has 0 aromatic heterocycles. The zero-order valence-corrected chi connectivity index (χ0v) is 18.4. The predicted octanol–water partition coefficient (Wildman–Crippen LogP) is 5.33. The Balaban J connectivity index is 3.02. The lowest BCUT2D eigenvalue weighted by Crippen LogP contribution is -2.48. The second-order valence-electron chi connectivity index (χ2n) is 4.96. The number of nitrogens with zero attached hydrogens (tertiary/aromatic N) is 1. The molecule has 0 heterocycles. The molecular formula is C14H14Cl6N2O5. The first-order chi connectivity index (χ1) is 12.3. The van der Waals surface area contributed by atoms with Crippen LogP contribution in [0.4, 0.5) is 15.3 Å². The maximum absolute atomic E-state index is 12.4. The lowest BCUT2D eigenvalue weighted by molar-refractivity contribution is 0.135. The molecule has 0 unspecified atom stereocenters. The Kier molecular flexibility index (Phi) is 9.18. The third-order valence-electron chi connectivity index (χ3n) is 2.76. The van der Waals surface area contributed by atoms with Crippen molar-refractivity contribution in [3.05, 3.63) is 23.8 Å². The molecule has 1 aromatic rings. The van der Waals surface area contributed by atoms with Crippen LogP contribution in [0.3, 0.4) is 0 Å². The van der Waals surface area contributed by atoms with Gasteiger partial charge in [0.15, 0.2) is 0 Å². The number of benzene rings is 1. The van der Waals surface area contributed by atoms with E-state index in [1.165, 1.54) is 13.2 Å². The van der Waals surface area contributed by atoms with E-state index in [4.69, 9.17) is 83.8 Å². The first-order valence-electron chi connectivity index (χ1n) is 7.01. The number of amides is 2. The number of hydrazine groups is 1. The highest BCUT2D eigenvalue weighted by Gasteiger charge is 2.28. The summed E-state index contributed by atoms with van der Waals surface area (Å²) in [5.41, 5.74) is 2.98. The van der Waals surface area contributed by atoms with Crippen LogP contribution in [0.5, 0.6) is 5.75 Å². The molecular weight excluding hydrogens is 489 g/mol. The van der Waals surface area contributed by atoms with E-state index in [9.17, 15) is 9.59 Å². The van der Waals surface area contributed by atoms with Gasteiger partial charge in [-0.05, 0) is 30.7 Å². The quantitative estimate of drug-likeness (QED) is 0.445. The van der Waals surface area contributed by atoms with Gasteiger partial charge in [-0.1, -0.05) is 69.6 Å². The fraction of sp³-hybridized carbons (Fsp3) is 0.429. The van der Waals surface area contributed by atoms with Gasteiger partial charge in [-0.15, -0.1) is 0 Å². The molecule has 0 aliphatic rings. The van der Waals surface area contributed by atoms with Gasteiger partial charge in [0.25, 0.3) is 0 Å². The van der Waals surface area contributed by atoms with Crippen LogP contribution in [-0.2, 0) is 9.47 Å². The van der Waals surface area contributed by atoms with Gasteiger partial charge in [-0.3, -0.25) is 0 Å². The van der Waals surface area contributed by atoms with Crippen molar-refractivity contribution < 1.29 is 23.8 Å². The molecule has 152 valence electrons. The minimum Gasteiger partial charge on any atom is -0.497 e. The van der Waals surface area contributed by atoms with Gasteiger partial charge in [0.05, 0.1) is 12.8 Å². The minimum absolute atomic E-state index is 0.246. The monoisotopic (exact) mass is 500 g/mol. The van der Waals surface area contributed by atoms with Crippen LogP contribution in [0.2, 0.25) is 0 Å². The number of aryl methyl sites for hydroxylation is 1. The summed E-state index contributed by atoms with van der Waals surface area (Å²) < 4.78 is 11.1. The highest BCUT2D eigenvalue weighted by atomic mass is 35.6. The molecule has 7 nitrogen and oxygen atoms in total. The third-order valence-corrected chi connectivity index (χ3v) is 3.41. The summed E-state index contributed by atoms with van der Waals surface area (Å²) in [5, 5.41) is 0.756. The van der Waals surface area contributed by atoms with E-state index in [1.54, 1.807) is 19.1 Å². The van der Waals surface area contributed by atoms with E-state index < -0.39 is 33.0 Å². The molecule has 0 bridgehead atoms. The summed E-state index contributed by atoms with van der Waals surface area (Å²) in [7, 11) is 1.48. The van der Waals surface area contributed by atoms with Crippen molar-refractivity contribution in [3.8, 4) is 5.75 Å². The fourth-order valence-electron chi connectivity index (χ4n) is 1.69. The van der Waals surface area contributed by atoms with Crippen LogP contribution in [0.1, 0.15) is 5.56 Å². The van der Waals surface area contributed by atoms with Crippen molar-refractivity contribution in [2.75, 3.05) is 25.3 Å². The topological polar surface area (TPSA) is 77.1 Å². The van der Waals surface area contributed by atoms with Crippen molar-refractivity contribution in [2.24, 2.45) is 0 Å². The molecule has 27 heavy (non-hydrogen) atoms. The van der Waals surface area contributed by atoms with E-state index >= 15 is 0 Å². The number of anilines is 1. The second kappa shape index (κ2) is 10.2. The number of methoxy groups -OCH3 is 1. The molecule has 2 amide bonds. The summed E-state index contributed by atoms with van der Waals surface area (Å²) in [6.07, 6.45) is -2.12. The normalized spacial score (nSPS) is 11.6. The molecule has 0 aliphatic heterocycles. The summed E-state index contributed by atoms with van der Waals surface area (Å²) in [5.74, 6) is 0.532. The van der Waals surface area contributed by atoms with Crippen molar-refractivity contribution in [2.45, 2.75) is 14.5 Å². The number of nitrogens with one attached hydrogen (secondary N) is 1. The SMILES string of the molecule is COc1ccc(N(NC(=O)OCC(Cl)(Cl)Cl)C(=O)OCC(Cl)(Cl)Cl)c(C)c1. The van der Waals surface area contributed by atoms with Crippen molar-refractivity contribution in [1.82, 2.24) is 5.43 Å². The van der Waals surface area contributed by atoms with E-state index in [1.807, 2.05) is 0 Å². The van der Waals surface area contributed by atoms with Gasteiger partial charge in [0, 0.05) is 0 Å². The zero-order chi connectivity index (χ0) is 20.8. The first-order valence-corrected chi connectivity index (χ1v) is 9.27. The number of hydrogen-bond acceptors (Lipinski definition) is 5. The molecule has 1 aromatic carbocycles. The largest absolute Gasteiger partial charge is 0.497 e. The van der Waals surface area contributed by atoms with E-state index in [-0.39, 0.29) is 5.69 Å². The molecule has 0 fully saturated rings. The van der Waals surface area contributed by atoms with Crippen molar-refractivity contribution in [1.29, 1.82) is 0 Å². The molecule has 0 saturated heterocycles. The number of ether oxygens (including phenoxy) is 3. The molecule has 1 rings (SSSR count). The molecule has 0 saturated carbocycles. The Morgan fingerprint density at radius 2 is 1.59 bits per heavy atom. The second-order valence-corrected chi connectivity index (χ2v) is 9.99. The molecule has 0 spiro atoms. The highest BCUT2D eigenvalue weighted by molar-refractivity contribution is 6.68. The summed E-state index contributed by atoms with van der Waals surface area (Å²) in [4.78, 5) is 24.3. The van der Waals surface area contributed by atoms with Crippen LogP contribution in [0.15, 0.2) is 18.2 Å². The van der Waals surface area contributed by atoms with Gasteiger partial charge in [0.1, 0.15) is 19.0 Å². The predicted molar refractivity (Wildman–Crippen MR) is 107 cm³/mol. The molecule has 0 atom stereocenters.